The van der Waals surface area contributed by atoms with Gasteiger partial charge in [0.15, 0.2) is 11.6 Å². The molecule has 0 bridgehead atoms. The Morgan fingerprint density at radius 2 is 1.85 bits per heavy atom. The number of nitrogens with zero attached hydrogens (tertiary/aromatic N) is 3. The fraction of sp³-hybridized carbons (Fsp3) is 0.258. The predicted molar refractivity (Wildman–Crippen MR) is 148 cm³/mol. The standard InChI is InChI=1S/C31H28FN3O4/c1-31(2,10-11-33)29-28(18-6-8-22(30(36)39-5)26(14-18)37-3)23-12-19-16-34-17-20(19)13-25(23)35(29)21-7-9-24(32)27(15-21)38-4/h6-9,12-15,17H,10,16H2,1-5H3. The van der Waals surface area contributed by atoms with Crippen LogP contribution in [-0.2, 0) is 16.7 Å². The molecule has 0 N–H and O–H groups in total. The molecule has 1 aliphatic heterocycles. The normalized spacial score (nSPS) is 12.3. The van der Waals surface area contributed by atoms with Gasteiger partial charge in [-0.1, -0.05) is 19.9 Å². The number of ether oxygens (including phenoxy) is 3. The fourth-order valence-corrected chi connectivity index (χ4v) is 5.29. The second-order valence-corrected chi connectivity index (χ2v) is 10.0. The van der Waals surface area contributed by atoms with Crippen LogP contribution in [0.15, 0.2) is 53.5 Å². The van der Waals surface area contributed by atoms with Gasteiger partial charge in [0.05, 0.1) is 39.5 Å². The molecule has 0 atom stereocenters. The quantitative estimate of drug-likeness (QED) is 0.262. The topological polar surface area (TPSA) is 85.8 Å². The molecule has 1 aliphatic rings. The largest absolute Gasteiger partial charge is 0.496 e. The first-order valence-corrected chi connectivity index (χ1v) is 12.4. The van der Waals surface area contributed by atoms with Crippen LogP contribution in [0.25, 0.3) is 27.7 Å². The maximum absolute atomic E-state index is 14.5. The molecule has 39 heavy (non-hydrogen) atoms. The number of nitriles is 1. The van der Waals surface area contributed by atoms with Gasteiger partial charge < -0.3 is 18.8 Å². The Bertz CT molecular complexity index is 1690. The van der Waals surface area contributed by atoms with Gasteiger partial charge in [-0.15, -0.1) is 0 Å². The van der Waals surface area contributed by atoms with Gasteiger partial charge in [0.2, 0.25) is 0 Å². The van der Waals surface area contributed by atoms with Crippen LogP contribution in [0.5, 0.6) is 11.5 Å². The van der Waals surface area contributed by atoms with E-state index in [-0.39, 0.29) is 12.2 Å². The Morgan fingerprint density at radius 3 is 2.54 bits per heavy atom. The summed E-state index contributed by atoms with van der Waals surface area (Å²) in [6, 6.07) is 16.6. The number of carbonyl (C=O) groups is 1. The van der Waals surface area contributed by atoms with E-state index in [9.17, 15) is 14.4 Å². The highest BCUT2D eigenvalue weighted by molar-refractivity contribution is 6.04. The second-order valence-electron chi connectivity index (χ2n) is 10.0. The van der Waals surface area contributed by atoms with Gasteiger partial charge in [0.1, 0.15) is 11.3 Å². The van der Waals surface area contributed by atoms with E-state index >= 15 is 0 Å². The van der Waals surface area contributed by atoms with E-state index in [1.165, 1.54) is 27.4 Å². The van der Waals surface area contributed by atoms with Gasteiger partial charge in [0, 0.05) is 46.4 Å². The Hall–Kier alpha value is -4.64. The Labute approximate surface area is 226 Å². The number of aromatic nitrogens is 1. The molecule has 0 saturated carbocycles. The zero-order chi connectivity index (χ0) is 27.9. The number of benzene rings is 3. The van der Waals surface area contributed by atoms with Gasteiger partial charge in [-0.05, 0) is 53.1 Å². The molecule has 0 radical (unpaired) electrons. The molecule has 0 fully saturated rings. The molecule has 5 rings (SSSR count). The van der Waals surface area contributed by atoms with Gasteiger partial charge in [-0.25, -0.2) is 9.18 Å². The number of esters is 1. The van der Waals surface area contributed by atoms with Gasteiger partial charge >= 0.3 is 5.97 Å². The molecule has 0 spiro atoms. The molecule has 3 aromatic carbocycles. The van der Waals surface area contributed by atoms with E-state index in [1.807, 2.05) is 32.2 Å². The smallest absolute Gasteiger partial charge is 0.341 e. The highest BCUT2D eigenvalue weighted by Crippen LogP contribution is 2.46. The second kappa shape index (κ2) is 9.91. The van der Waals surface area contributed by atoms with E-state index in [4.69, 9.17) is 14.2 Å². The fourth-order valence-electron chi connectivity index (χ4n) is 5.29. The van der Waals surface area contributed by atoms with Crippen molar-refractivity contribution in [2.45, 2.75) is 32.2 Å². The molecule has 0 amide bonds. The van der Waals surface area contributed by atoms with Crippen LogP contribution in [0.2, 0.25) is 0 Å². The molecule has 7 nitrogen and oxygen atoms in total. The van der Waals surface area contributed by atoms with E-state index in [2.05, 4.69) is 27.8 Å². The molecule has 198 valence electrons. The number of hydrogen-bond acceptors (Lipinski definition) is 6. The summed E-state index contributed by atoms with van der Waals surface area (Å²) in [5.41, 5.74) is 5.89. The van der Waals surface area contributed by atoms with Crippen LogP contribution < -0.4 is 9.47 Å². The summed E-state index contributed by atoms with van der Waals surface area (Å²) in [7, 11) is 4.26. The number of hydrogen-bond donors (Lipinski definition) is 0. The Balaban J connectivity index is 1.93. The summed E-state index contributed by atoms with van der Waals surface area (Å²) in [4.78, 5) is 16.8. The van der Waals surface area contributed by atoms with Gasteiger partial charge in [0.25, 0.3) is 0 Å². The number of aliphatic imine (C=N–C) groups is 1. The van der Waals surface area contributed by atoms with Crippen LogP contribution in [-0.4, -0.2) is 38.1 Å². The van der Waals surface area contributed by atoms with Gasteiger partial charge in [-0.2, -0.15) is 5.26 Å². The molecule has 0 unspecified atom stereocenters. The summed E-state index contributed by atoms with van der Waals surface area (Å²) >= 11 is 0. The van der Waals surface area contributed by atoms with Crippen molar-refractivity contribution in [3.63, 3.8) is 0 Å². The highest BCUT2D eigenvalue weighted by atomic mass is 19.1. The summed E-state index contributed by atoms with van der Waals surface area (Å²) in [6.45, 7) is 4.60. The SMILES string of the molecule is COC(=O)c1ccc(-c2c(C(C)(C)CC#N)n(-c3ccc(F)c(OC)c3)c3cc4c(cc23)CN=C4)cc1OC. The summed E-state index contributed by atoms with van der Waals surface area (Å²) in [5, 5.41) is 10.7. The highest BCUT2D eigenvalue weighted by Gasteiger charge is 2.33. The number of rotatable bonds is 7. The van der Waals surface area contributed by atoms with Gasteiger partial charge in [-0.3, -0.25) is 4.99 Å². The lowest BCUT2D eigenvalue weighted by molar-refractivity contribution is 0.0597. The van der Waals surface area contributed by atoms with Crippen molar-refractivity contribution < 1.29 is 23.4 Å². The number of fused-ring (bicyclic) bond motifs is 2. The van der Waals surface area contributed by atoms with Crippen LogP contribution in [0.3, 0.4) is 0 Å². The summed E-state index contributed by atoms with van der Waals surface area (Å²) in [5.74, 6) is -0.477. The first-order chi connectivity index (χ1) is 18.7. The third kappa shape index (κ3) is 4.30. The zero-order valence-electron chi connectivity index (χ0n) is 22.5. The first-order valence-electron chi connectivity index (χ1n) is 12.4. The van der Waals surface area contributed by atoms with E-state index in [0.29, 0.717) is 23.5 Å². The number of halogens is 1. The molecule has 0 saturated heterocycles. The molecular formula is C31H28FN3O4. The average Bonchev–Trinajstić information content (AvgIpc) is 3.53. The molecule has 0 aliphatic carbocycles. The Kier molecular flexibility index (Phi) is 6.61. The summed E-state index contributed by atoms with van der Waals surface area (Å²) < 4.78 is 32.4. The molecule has 2 heterocycles. The third-order valence-electron chi connectivity index (χ3n) is 7.17. The monoisotopic (exact) mass is 525 g/mol. The first kappa shape index (κ1) is 26.0. The maximum Gasteiger partial charge on any atom is 0.341 e. The third-order valence-corrected chi connectivity index (χ3v) is 7.17. The van der Waals surface area contributed by atoms with E-state index < -0.39 is 17.2 Å². The summed E-state index contributed by atoms with van der Waals surface area (Å²) in [6.07, 6.45) is 2.08. The van der Waals surface area contributed by atoms with Crippen LogP contribution in [0, 0.1) is 17.1 Å². The maximum atomic E-state index is 14.5. The minimum absolute atomic E-state index is 0.117. The minimum Gasteiger partial charge on any atom is -0.496 e. The lowest BCUT2D eigenvalue weighted by Gasteiger charge is -2.27. The predicted octanol–water partition coefficient (Wildman–Crippen LogP) is 6.36. The number of carbonyl (C=O) groups excluding carboxylic acids is 1. The van der Waals surface area contributed by atoms with Crippen LogP contribution >= 0.6 is 0 Å². The van der Waals surface area contributed by atoms with E-state index in [1.54, 1.807) is 18.2 Å². The molecular weight excluding hydrogens is 497 g/mol. The zero-order valence-corrected chi connectivity index (χ0v) is 22.5. The average molecular weight is 526 g/mol. The molecule has 8 heteroatoms. The van der Waals surface area contributed by atoms with Crippen molar-refractivity contribution >= 4 is 23.1 Å². The van der Waals surface area contributed by atoms with Crippen molar-refractivity contribution in [1.29, 1.82) is 5.26 Å². The lowest BCUT2D eigenvalue weighted by atomic mass is 9.81. The van der Waals surface area contributed by atoms with E-state index in [0.717, 1.165) is 38.9 Å². The molecule has 1 aromatic heterocycles. The Morgan fingerprint density at radius 1 is 1.08 bits per heavy atom. The van der Waals surface area contributed by atoms with Crippen LogP contribution in [0.4, 0.5) is 4.39 Å². The lowest BCUT2D eigenvalue weighted by Crippen LogP contribution is -2.22. The van der Waals surface area contributed by atoms with Crippen LogP contribution in [0.1, 0.15) is 47.4 Å². The van der Waals surface area contributed by atoms with Crippen molar-refractivity contribution in [3.05, 3.63) is 76.7 Å². The molecule has 4 aromatic rings. The van der Waals surface area contributed by atoms with Crippen molar-refractivity contribution in [1.82, 2.24) is 4.57 Å². The number of methoxy groups -OCH3 is 3. The van der Waals surface area contributed by atoms with Crippen molar-refractivity contribution in [3.8, 4) is 34.4 Å². The van der Waals surface area contributed by atoms with Crippen molar-refractivity contribution in [2.75, 3.05) is 21.3 Å². The van der Waals surface area contributed by atoms with Crippen molar-refractivity contribution in [2.24, 2.45) is 4.99 Å². The minimum atomic E-state index is -0.627.